The Morgan fingerprint density at radius 1 is 1.53 bits per heavy atom. The van der Waals surface area contributed by atoms with Crippen LogP contribution in [0.25, 0.3) is 0 Å². The van der Waals surface area contributed by atoms with Gasteiger partial charge in [-0.15, -0.1) is 11.3 Å². The van der Waals surface area contributed by atoms with Gasteiger partial charge >= 0.3 is 0 Å². The first-order chi connectivity index (χ1) is 9.20. The summed E-state index contributed by atoms with van der Waals surface area (Å²) < 4.78 is 0.899. The number of unbranched alkanes of at least 4 members (excludes halogenated alkanes) is 1. The van der Waals surface area contributed by atoms with Crippen LogP contribution in [0.2, 0.25) is 0 Å². The highest BCUT2D eigenvalue weighted by Crippen LogP contribution is 2.23. The molecule has 19 heavy (non-hydrogen) atoms. The lowest BCUT2D eigenvalue weighted by atomic mass is 10.0. The van der Waals surface area contributed by atoms with Gasteiger partial charge in [-0.2, -0.15) is 0 Å². The van der Waals surface area contributed by atoms with E-state index in [2.05, 4.69) is 33.1 Å². The van der Waals surface area contributed by atoms with E-state index in [9.17, 15) is 4.79 Å². The number of piperidine rings is 1. The van der Waals surface area contributed by atoms with Crippen molar-refractivity contribution in [2.45, 2.75) is 38.6 Å². The van der Waals surface area contributed by atoms with Crippen molar-refractivity contribution >= 4 is 33.2 Å². The van der Waals surface area contributed by atoms with Crippen molar-refractivity contribution in [3.8, 4) is 0 Å². The number of rotatable bonds is 5. The third-order valence-electron chi connectivity index (χ3n) is 3.57. The molecule has 1 saturated heterocycles. The van der Waals surface area contributed by atoms with Crippen molar-refractivity contribution in [2.24, 2.45) is 0 Å². The minimum Gasteiger partial charge on any atom is -0.348 e. The van der Waals surface area contributed by atoms with Crippen molar-refractivity contribution < 1.29 is 4.79 Å². The first-order valence-electron chi connectivity index (χ1n) is 6.97. The van der Waals surface area contributed by atoms with Crippen molar-refractivity contribution in [2.75, 3.05) is 19.6 Å². The van der Waals surface area contributed by atoms with Crippen LogP contribution in [-0.4, -0.2) is 36.5 Å². The standard InChI is InChI=1S/C14H21BrN2OS/c1-2-3-7-17-8-4-11(5-9-17)16-14(18)13-12(15)6-10-19-13/h6,10-11H,2-5,7-9H2,1H3,(H,16,18). The van der Waals surface area contributed by atoms with E-state index in [1.54, 1.807) is 0 Å². The second kappa shape index (κ2) is 7.41. The molecule has 1 aromatic rings. The molecule has 106 valence electrons. The average Bonchev–Trinajstić information content (AvgIpc) is 2.84. The fourth-order valence-electron chi connectivity index (χ4n) is 2.39. The summed E-state index contributed by atoms with van der Waals surface area (Å²) in [6.45, 7) is 5.65. The summed E-state index contributed by atoms with van der Waals surface area (Å²) in [5, 5.41) is 5.09. The van der Waals surface area contributed by atoms with Gasteiger partial charge in [0, 0.05) is 23.6 Å². The highest BCUT2D eigenvalue weighted by molar-refractivity contribution is 9.10. The monoisotopic (exact) mass is 344 g/mol. The summed E-state index contributed by atoms with van der Waals surface area (Å²) in [6.07, 6.45) is 4.67. The quantitative estimate of drug-likeness (QED) is 0.886. The first kappa shape index (κ1) is 15.0. The van der Waals surface area contributed by atoms with E-state index in [1.807, 2.05) is 11.4 Å². The Labute approximate surface area is 127 Å². The molecule has 1 fully saturated rings. The van der Waals surface area contributed by atoms with E-state index in [0.29, 0.717) is 6.04 Å². The van der Waals surface area contributed by atoms with E-state index >= 15 is 0 Å². The van der Waals surface area contributed by atoms with Crippen LogP contribution in [0.1, 0.15) is 42.3 Å². The van der Waals surface area contributed by atoms with Gasteiger partial charge in [-0.1, -0.05) is 13.3 Å². The molecule has 0 aromatic carbocycles. The Hall–Kier alpha value is -0.390. The molecule has 1 N–H and O–H groups in total. The molecule has 0 bridgehead atoms. The number of nitrogens with one attached hydrogen (secondary N) is 1. The molecule has 1 amide bonds. The summed E-state index contributed by atoms with van der Waals surface area (Å²) in [7, 11) is 0. The number of hydrogen-bond acceptors (Lipinski definition) is 3. The van der Waals surface area contributed by atoms with E-state index < -0.39 is 0 Å². The molecular formula is C14H21BrN2OS. The number of likely N-dealkylation sites (tertiary alicyclic amines) is 1. The maximum absolute atomic E-state index is 12.1. The zero-order valence-corrected chi connectivity index (χ0v) is 13.7. The van der Waals surface area contributed by atoms with Gasteiger partial charge in [-0.05, 0) is 53.2 Å². The number of hydrogen-bond donors (Lipinski definition) is 1. The fourth-order valence-corrected chi connectivity index (χ4v) is 3.84. The predicted octanol–water partition coefficient (Wildman–Crippen LogP) is 3.50. The summed E-state index contributed by atoms with van der Waals surface area (Å²) in [6, 6.07) is 2.26. The number of carbonyl (C=O) groups excluding carboxylic acids is 1. The summed E-state index contributed by atoms with van der Waals surface area (Å²) in [4.78, 5) is 15.4. The molecule has 1 aliphatic rings. The van der Waals surface area contributed by atoms with E-state index in [0.717, 1.165) is 35.3 Å². The fraction of sp³-hybridized carbons (Fsp3) is 0.643. The molecule has 0 atom stereocenters. The average molecular weight is 345 g/mol. The SMILES string of the molecule is CCCCN1CCC(NC(=O)c2sccc2Br)CC1. The van der Waals surface area contributed by atoms with Crippen LogP contribution in [-0.2, 0) is 0 Å². The molecule has 0 unspecified atom stereocenters. The topological polar surface area (TPSA) is 32.3 Å². The summed E-state index contributed by atoms with van der Waals surface area (Å²) in [5.74, 6) is 0.0638. The minimum absolute atomic E-state index is 0.0638. The van der Waals surface area contributed by atoms with Crippen LogP contribution in [0.3, 0.4) is 0 Å². The number of amides is 1. The van der Waals surface area contributed by atoms with Gasteiger partial charge in [0.05, 0.1) is 0 Å². The summed E-state index contributed by atoms with van der Waals surface area (Å²) >= 11 is 4.90. The second-order valence-electron chi connectivity index (χ2n) is 5.04. The Morgan fingerprint density at radius 3 is 2.84 bits per heavy atom. The smallest absolute Gasteiger partial charge is 0.262 e. The lowest BCUT2D eigenvalue weighted by molar-refractivity contribution is 0.0914. The van der Waals surface area contributed by atoms with Crippen molar-refractivity contribution in [3.05, 3.63) is 20.8 Å². The van der Waals surface area contributed by atoms with Crippen LogP contribution in [0.4, 0.5) is 0 Å². The van der Waals surface area contributed by atoms with Gasteiger partial charge in [0.15, 0.2) is 0 Å². The number of nitrogens with zero attached hydrogens (tertiary/aromatic N) is 1. The molecular weight excluding hydrogens is 324 g/mol. The highest BCUT2D eigenvalue weighted by Gasteiger charge is 2.21. The zero-order valence-electron chi connectivity index (χ0n) is 11.3. The van der Waals surface area contributed by atoms with Crippen LogP contribution in [0.15, 0.2) is 15.9 Å². The number of halogens is 1. The molecule has 2 rings (SSSR count). The van der Waals surface area contributed by atoms with Gasteiger partial charge in [-0.3, -0.25) is 4.79 Å². The molecule has 0 radical (unpaired) electrons. The number of carbonyl (C=O) groups is 1. The maximum atomic E-state index is 12.1. The van der Waals surface area contributed by atoms with Gasteiger partial charge in [0.2, 0.25) is 0 Å². The molecule has 2 heterocycles. The minimum atomic E-state index is 0.0638. The van der Waals surface area contributed by atoms with Crippen LogP contribution >= 0.6 is 27.3 Å². The molecule has 3 nitrogen and oxygen atoms in total. The number of thiophene rings is 1. The third kappa shape index (κ3) is 4.29. The van der Waals surface area contributed by atoms with Gasteiger partial charge in [0.1, 0.15) is 4.88 Å². The Morgan fingerprint density at radius 2 is 2.26 bits per heavy atom. The molecule has 1 aromatic heterocycles. The zero-order chi connectivity index (χ0) is 13.7. The lowest BCUT2D eigenvalue weighted by Crippen LogP contribution is -2.44. The Bertz CT molecular complexity index is 413. The lowest BCUT2D eigenvalue weighted by Gasteiger charge is -2.32. The third-order valence-corrected chi connectivity index (χ3v) is 5.41. The molecule has 1 aliphatic heterocycles. The van der Waals surface area contributed by atoms with Gasteiger partial charge in [0.25, 0.3) is 5.91 Å². The maximum Gasteiger partial charge on any atom is 0.262 e. The molecule has 5 heteroatoms. The van der Waals surface area contributed by atoms with Crippen LogP contribution < -0.4 is 5.32 Å². The largest absolute Gasteiger partial charge is 0.348 e. The van der Waals surface area contributed by atoms with Crippen LogP contribution in [0, 0.1) is 0 Å². The van der Waals surface area contributed by atoms with Gasteiger partial charge in [-0.25, -0.2) is 0 Å². The first-order valence-corrected chi connectivity index (χ1v) is 8.64. The Kier molecular flexibility index (Phi) is 5.85. The van der Waals surface area contributed by atoms with Crippen molar-refractivity contribution in [3.63, 3.8) is 0 Å². The van der Waals surface area contributed by atoms with E-state index in [4.69, 9.17) is 0 Å². The molecule has 0 aliphatic carbocycles. The second-order valence-corrected chi connectivity index (χ2v) is 6.81. The predicted molar refractivity (Wildman–Crippen MR) is 83.9 cm³/mol. The normalized spacial score (nSPS) is 17.6. The van der Waals surface area contributed by atoms with Crippen LogP contribution in [0.5, 0.6) is 0 Å². The molecule has 0 spiro atoms. The van der Waals surface area contributed by atoms with E-state index in [1.165, 1.54) is 30.7 Å². The van der Waals surface area contributed by atoms with Gasteiger partial charge < -0.3 is 10.2 Å². The van der Waals surface area contributed by atoms with Crippen molar-refractivity contribution in [1.82, 2.24) is 10.2 Å². The molecule has 0 saturated carbocycles. The van der Waals surface area contributed by atoms with E-state index in [-0.39, 0.29) is 5.91 Å². The summed E-state index contributed by atoms with van der Waals surface area (Å²) in [5.41, 5.74) is 0. The Balaban J connectivity index is 1.77. The van der Waals surface area contributed by atoms with Crippen molar-refractivity contribution in [1.29, 1.82) is 0 Å². The highest BCUT2D eigenvalue weighted by atomic mass is 79.9.